The third kappa shape index (κ3) is 3.47. The molecule has 0 saturated carbocycles. The van der Waals surface area contributed by atoms with Crippen molar-refractivity contribution in [1.82, 2.24) is 4.90 Å². The molecule has 0 radical (unpaired) electrons. The standard InChI is InChI=1S/C17H23NO4/c1-11-10-14(4-5-15(11)22-3)16(19)12(2)18-8-6-13(7-9-18)17(20)21/h4-5,10,12-13H,6-9H2,1-3H3,(H,20,21). The number of hydrogen-bond acceptors (Lipinski definition) is 4. The molecule has 5 heteroatoms. The van der Waals surface area contributed by atoms with E-state index in [0.717, 1.165) is 11.3 Å². The lowest BCUT2D eigenvalue weighted by Crippen LogP contribution is -2.45. The Kier molecular flexibility index (Phi) is 5.19. The lowest BCUT2D eigenvalue weighted by Gasteiger charge is -2.34. The summed E-state index contributed by atoms with van der Waals surface area (Å²) in [6, 6.07) is 5.21. The van der Waals surface area contributed by atoms with Crippen LogP contribution >= 0.6 is 0 Å². The monoisotopic (exact) mass is 305 g/mol. The number of carboxylic acids is 1. The van der Waals surface area contributed by atoms with E-state index in [9.17, 15) is 9.59 Å². The number of piperidine rings is 1. The highest BCUT2D eigenvalue weighted by Gasteiger charge is 2.30. The first kappa shape index (κ1) is 16.5. The zero-order chi connectivity index (χ0) is 16.3. The highest BCUT2D eigenvalue weighted by molar-refractivity contribution is 6.00. The molecule has 1 aliphatic rings. The summed E-state index contributed by atoms with van der Waals surface area (Å²) in [4.78, 5) is 25.7. The quantitative estimate of drug-likeness (QED) is 0.846. The van der Waals surface area contributed by atoms with Crippen LogP contribution in [0, 0.1) is 12.8 Å². The lowest BCUT2D eigenvalue weighted by atomic mass is 9.94. The van der Waals surface area contributed by atoms with E-state index < -0.39 is 5.97 Å². The molecule has 0 amide bonds. The number of aryl methyl sites for hydroxylation is 1. The minimum Gasteiger partial charge on any atom is -0.496 e. The second kappa shape index (κ2) is 6.92. The van der Waals surface area contributed by atoms with Crippen molar-refractivity contribution in [2.75, 3.05) is 20.2 Å². The first-order valence-electron chi connectivity index (χ1n) is 7.59. The lowest BCUT2D eigenvalue weighted by molar-refractivity contribution is -0.143. The topological polar surface area (TPSA) is 66.8 Å². The van der Waals surface area contributed by atoms with E-state index in [2.05, 4.69) is 4.90 Å². The number of ether oxygens (including phenoxy) is 1. The number of likely N-dealkylation sites (tertiary alicyclic amines) is 1. The van der Waals surface area contributed by atoms with Gasteiger partial charge in [-0.25, -0.2) is 0 Å². The van der Waals surface area contributed by atoms with Crippen LogP contribution in [0.4, 0.5) is 0 Å². The van der Waals surface area contributed by atoms with Crippen molar-refractivity contribution in [2.24, 2.45) is 5.92 Å². The van der Waals surface area contributed by atoms with E-state index in [0.29, 0.717) is 31.5 Å². The van der Waals surface area contributed by atoms with E-state index in [1.165, 1.54) is 0 Å². The minimum atomic E-state index is -0.732. The van der Waals surface area contributed by atoms with Gasteiger partial charge < -0.3 is 9.84 Å². The van der Waals surface area contributed by atoms with Crippen LogP contribution in [-0.4, -0.2) is 48.0 Å². The molecule has 1 unspecified atom stereocenters. The van der Waals surface area contributed by atoms with Gasteiger partial charge in [0.05, 0.1) is 19.1 Å². The molecule has 0 spiro atoms. The molecule has 1 saturated heterocycles. The van der Waals surface area contributed by atoms with Crippen molar-refractivity contribution in [3.8, 4) is 5.75 Å². The Hall–Kier alpha value is -1.88. The van der Waals surface area contributed by atoms with Gasteiger partial charge in [0, 0.05) is 5.56 Å². The summed E-state index contributed by atoms with van der Waals surface area (Å²) < 4.78 is 5.21. The predicted molar refractivity (Wildman–Crippen MR) is 83.5 cm³/mol. The number of rotatable bonds is 5. The van der Waals surface area contributed by atoms with Gasteiger partial charge in [-0.2, -0.15) is 0 Å². The Morgan fingerprint density at radius 2 is 1.95 bits per heavy atom. The first-order valence-corrected chi connectivity index (χ1v) is 7.59. The summed E-state index contributed by atoms with van der Waals surface area (Å²) in [7, 11) is 1.61. The number of nitrogens with zero attached hydrogens (tertiary/aromatic N) is 1. The number of aliphatic carboxylic acids is 1. The summed E-state index contributed by atoms with van der Waals surface area (Å²) in [5.41, 5.74) is 1.61. The molecule has 2 rings (SSSR count). The molecule has 22 heavy (non-hydrogen) atoms. The summed E-state index contributed by atoms with van der Waals surface area (Å²) in [6.45, 7) is 5.11. The molecule has 1 N–H and O–H groups in total. The smallest absolute Gasteiger partial charge is 0.306 e. The van der Waals surface area contributed by atoms with Crippen molar-refractivity contribution in [3.05, 3.63) is 29.3 Å². The Morgan fingerprint density at radius 1 is 1.32 bits per heavy atom. The van der Waals surface area contributed by atoms with Gasteiger partial charge in [-0.15, -0.1) is 0 Å². The van der Waals surface area contributed by atoms with Crippen molar-refractivity contribution in [3.63, 3.8) is 0 Å². The second-order valence-electron chi connectivity index (χ2n) is 5.87. The Balaban J connectivity index is 2.03. The van der Waals surface area contributed by atoms with Crippen LogP contribution in [0.5, 0.6) is 5.75 Å². The highest BCUT2D eigenvalue weighted by Crippen LogP contribution is 2.23. The van der Waals surface area contributed by atoms with E-state index in [1.807, 2.05) is 26.0 Å². The van der Waals surface area contributed by atoms with E-state index in [-0.39, 0.29) is 17.7 Å². The molecule has 1 aromatic rings. The van der Waals surface area contributed by atoms with E-state index in [4.69, 9.17) is 9.84 Å². The number of methoxy groups -OCH3 is 1. The molecule has 0 aromatic heterocycles. The van der Waals surface area contributed by atoms with Crippen LogP contribution in [0.25, 0.3) is 0 Å². The number of hydrogen-bond donors (Lipinski definition) is 1. The second-order valence-corrected chi connectivity index (χ2v) is 5.87. The fourth-order valence-corrected chi connectivity index (χ4v) is 2.97. The van der Waals surface area contributed by atoms with Crippen LogP contribution in [-0.2, 0) is 4.79 Å². The average Bonchev–Trinajstić information content (AvgIpc) is 2.53. The van der Waals surface area contributed by atoms with Crippen LogP contribution in [0.1, 0.15) is 35.7 Å². The number of carbonyl (C=O) groups excluding carboxylic acids is 1. The van der Waals surface area contributed by atoms with Gasteiger partial charge in [0.2, 0.25) is 0 Å². The molecular formula is C17H23NO4. The van der Waals surface area contributed by atoms with Gasteiger partial charge in [-0.05, 0) is 63.5 Å². The molecule has 1 aromatic carbocycles. The molecule has 0 aliphatic carbocycles. The maximum atomic E-state index is 12.6. The highest BCUT2D eigenvalue weighted by atomic mass is 16.5. The van der Waals surface area contributed by atoms with Gasteiger partial charge in [0.25, 0.3) is 0 Å². The molecule has 0 bridgehead atoms. The van der Waals surface area contributed by atoms with Crippen molar-refractivity contribution in [1.29, 1.82) is 0 Å². The molecule has 1 aliphatic heterocycles. The SMILES string of the molecule is COc1ccc(C(=O)C(C)N2CCC(C(=O)O)CC2)cc1C. The van der Waals surface area contributed by atoms with Crippen LogP contribution in [0.3, 0.4) is 0 Å². The molecular weight excluding hydrogens is 282 g/mol. The summed E-state index contributed by atoms with van der Waals surface area (Å²) in [6.07, 6.45) is 1.21. The van der Waals surface area contributed by atoms with Gasteiger partial charge >= 0.3 is 5.97 Å². The zero-order valence-corrected chi connectivity index (χ0v) is 13.3. The van der Waals surface area contributed by atoms with Crippen molar-refractivity contribution in [2.45, 2.75) is 32.7 Å². The van der Waals surface area contributed by atoms with E-state index in [1.54, 1.807) is 13.2 Å². The van der Waals surface area contributed by atoms with Crippen LogP contribution in [0.2, 0.25) is 0 Å². The number of Topliss-reactive ketones (excluding diaryl/α,β-unsaturated/α-hetero) is 1. The van der Waals surface area contributed by atoms with Gasteiger partial charge in [-0.1, -0.05) is 0 Å². The first-order chi connectivity index (χ1) is 10.4. The van der Waals surface area contributed by atoms with Gasteiger partial charge in [0.1, 0.15) is 5.75 Å². The van der Waals surface area contributed by atoms with Crippen LogP contribution < -0.4 is 4.74 Å². The molecule has 1 atom stereocenters. The number of ketones is 1. The zero-order valence-electron chi connectivity index (χ0n) is 13.3. The number of carbonyl (C=O) groups is 2. The molecule has 1 heterocycles. The predicted octanol–water partition coefficient (Wildman–Crippen LogP) is 2.37. The fraction of sp³-hybridized carbons (Fsp3) is 0.529. The largest absolute Gasteiger partial charge is 0.496 e. The third-order valence-corrected chi connectivity index (χ3v) is 4.49. The molecule has 1 fully saturated rings. The van der Waals surface area contributed by atoms with Gasteiger partial charge in [0.15, 0.2) is 5.78 Å². The summed E-state index contributed by atoms with van der Waals surface area (Å²) in [5.74, 6) is -0.169. The van der Waals surface area contributed by atoms with Gasteiger partial charge in [-0.3, -0.25) is 14.5 Å². The molecule has 5 nitrogen and oxygen atoms in total. The fourth-order valence-electron chi connectivity index (χ4n) is 2.97. The maximum Gasteiger partial charge on any atom is 0.306 e. The minimum absolute atomic E-state index is 0.0690. The van der Waals surface area contributed by atoms with Crippen LogP contribution in [0.15, 0.2) is 18.2 Å². The Labute approximate surface area is 130 Å². The number of carboxylic acid groups (broad SMARTS) is 1. The van der Waals surface area contributed by atoms with Crippen molar-refractivity contribution >= 4 is 11.8 Å². The third-order valence-electron chi connectivity index (χ3n) is 4.49. The maximum absolute atomic E-state index is 12.6. The Morgan fingerprint density at radius 3 is 2.45 bits per heavy atom. The Bertz CT molecular complexity index is 562. The van der Waals surface area contributed by atoms with E-state index >= 15 is 0 Å². The normalized spacial score (nSPS) is 18.0. The number of benzene rings is 1. The summed E-state index contributed by atoms with van der Waals surface area (Å²) >= 11 is 0. The average molecular weight is 305 g/mol. The van der Waals surface area contributed by atoms with Crippen molar-refractivity contribution < 1.29 is 19.4 Å². The summed E-state index contributed by atoms with van der Waals surface area (Å²) in [5, 5.41) is 9.03. The molecule has 120 valence electrons.